The molecule has 3 rings (SSSR count). The van der Waals surface area contributed by atoms with Gasteiger partial charge in [0.1, 0.15) is 18.1 Å². The Balaban J connectivity index is 1.78. The summed E-state index contributed by atoms with van der Waals surface area (Å²) < 4.78 is 11.2. The quantitative estimate of drug-likeness (QED) is 0.852. The summed E-state index contributed by atoms with van der Waals surface area (Å²) in [7, 11) is 1.65. The Morgan fingerprint density at radius 3 is 2.42 bits per heavy atom. The Labute approximate surface area is 143 Å². The highest BCUT2D eigenvalue weighted by Crippen LogP contribution is 2.35. The Bertz CT molecular complexity index is 744. The number of ether oxygens (including phenoxy) is 2. The van der Waals surface area contributed by atoms with Crippen molar-refractivity contribution >= 4 is 5.91 Å². The van der Waals surface area contributed by atoms with Crippen molar-refractivity contribution in [3.05, 3.63) is 59.2 Å². The minimum Gasteiger partial charge on any atom is -0.497 e. The van der Waals surface area contributed by atoms with Crippen molar-refractivity contribution in [2.75, 3.05) is 7.11 Å². The Morgan fingerprint density at radius 1 is 1.08 bits per heavy atom. The van der Waals surface area contributed by atoms with Crippen LogP contribution in [-0.4, -0.2) is 23.5 Å². The number of carbonyl (C=O) groups is 1. The zero-order valence-corrected chi connectivity index (χ0v) is 14.6. The molecule has 0 saturated heterocycles. The van der Waals surface area contributed by atoms with Gasteiger partial charge in [-0.1, -0.05) is 18.2 Å². The first-order valence-electron chi connectivity index (χ1n) is 8.10. The maximum atomic E-state index is 12.6. The summed E-state index contributed by atoms with van der Waals surface area (Å²) in [6.07, 6.45) is 0. The van der Waals surface area contributed by atoms with Crippen LogP contribution in [0.4, 0.5) is 0 Å². The fraction of sp³-hybridized carbons (Fsp3) is 0.350. The van der Waals surface area contributed by atoms with E-state index in [1.807, 2.05) is 47.4 Å². The third kappa shape index (κ3) is 3.09. The molecule has 126 valence electrons. The normalized spacial score (nSPS) is 13.8. The minimum atomic E-state index is -0.205. The zero-order chi connectivity index (χ0) is 17.3. The van der Waals surface area contributed by atoms with Crippen molar-refractivity contribution in [1.82, 2.24) is 4.90 Å². The van der Waals surface area contributed by atoms with Crippen LogP contribution in [0.25, 0.3) is 0 Å². The lowest BCUT2D eigenvalue weighted by atomic mass is 10.1. The van der Waals surface area contributed by atoms with E-state index >= 15 is 0 Å². The highest BCUT2D eigenvalue weighted by atomic mass is 16.5. The standard InChI is InChI=1S/C20H23NO3/c1-20(2,3)21-12-17-16(19(21)22)6-5-7-18(17)24-13-14-8-10-15(23-4)11-9-14/h5-11H,12-13H2,1-4H3. The van der Waals surface area contributed by atoms with Crippen LogP contribution in [0.5, 0.6) is 11.5 Å². The third-order valence-corrected chi connectivity index (χ3v) is 4.29. The van der Waals surface area contributed by atoms with Crippen LogP contribution in [0.1, 0.15) is 42.3 Å². The van der Waals surface area contributed by atoms with E-state index in [9.17, 15) is 4.79 Å². The molecule has 1 aliphatic heterocycles. The number of nitrogens with zero attached hydrogens (tertiary/aromatic N) is 1. The second kappa shape index (κ2) is 6.19. The van der Waals surface area contributed by atoms with Crippen LogP contribution in [0.15, 0.2) is 42.5 Å². The molecular weight excluding hydrogens is 302 g/mol. The van der Waals surface area contributed by atoms with Crippen LogP contribution in [0.2, 0.25) is 0 Å². The van der Waals surface area contributed by atoms with E-state index in [2.05, 4.69) is 20.8 Å². The number of rotatable bonds is 4. The monoisotopic (exact) mass is 325 g/mol. The van der Waals surface area contributed by atoms with Crippen LogP contribution in [-0.2, 0) is 13.2 Å². The summed E-state index contributed by atoms with van der Waals surface area (Å²) in [5.74, 6) is 1.68. The van der Waals surface area contributed by atoms with Gasteiger partial charge in [-0.15, -0.1) is 0 Å². The molecule has 0 saturated carbocycles. The molecule has 1 heterocycles. The van der Waals surface area contributed by atoms with Crippen molar-refractivity contribution in [1.29, 1.82) is 0 Å². The molecule has 0 fully saturated rings. The predicted molar refractivity (Wildman–Crippen MR) is 93.4 cm³/mol. The molecule has 0 unspecified atom stereocenters. The van der Waals surface area contributed by atoms with E-state index in [1.54, 1.807) is 7.11 Å². The molecule has 2 aromatic rings. The molecule has 1 amide bonds. The van der Waals surface area contributed by atoms with Crippen molar-refractivity contribution in [3.63, 3.8) is 0 Å². The van der Waals surface area contributed by atoms with Gasteiger partial charge in [-0.05, 0) is 50.6 Å². The van der Waals surface area contributed by atoms with Crippen LogP contribution >= 0.6 is 0 Å². The summed E-state index contributed by atoms with van der Waals surface area (Å²) in [6.45, 7) is 7.21. The number of amides is 1. The summed E-state index contributed by atoms with van der Waals surface area (Å²) in [5, 5.41) is 0. The lowest BCUT2D eigenvalue weighted by Gasteiger charge is -2.31. The molecule has 1 aliphatic rings. The maximum absolute atomic E-state index is 12.6. The average molecular weight is 325 g/mol. The third-order valence-electron chi connectivity index (χ3n) is 4.29. The molecule has 0 bridgehead atoms. The van der Waals surface area contributed by atoms with Gasteiger partial charge >= 0.3 is 0 Å². The van der Waals surface area contributed by atoms with E-state index < -0.39 is 0 Å². The molecule has 0 N–H and O–H groups in total. The Hall–Kier alpha value is -2.49. The molecule has 0 atom stereocenters. The van der Waals surface area contributed by atoms with Gasteiger partial charge in [0.05, 0.1) is 13.7 Å². The largest absolute Gasteiger partial charge is 0.497 e. The number of benzene rings is 2. The fourth-order valence-electron chi connectivity index (χ4n) is 2.86. The topological polar surface area (TPSA) is 38.8 Å². The smallest absolute Gasteiger partial charge is 0.255 e. The Kier molecular flexibility index (Phi) is 4.22. The van der Waals surface area contributed by atoms with E-state index in [0.29, 0.717) is 13.2 Å². The van der Waals surface area contributed by atoms with Gasteiger partial charge < -0.3 is 14.4 Å². The van der Waals surface area contributed by atoms with Crippen molar-refractivity contribution in [2.24, 2.45) is 0 Å². The molecule has 0 aromatic heterocycles. The first-order valence-corrected chi connectivity index (χ1v) is 8.10. The van der Waals surface area contributed by atoms with E-state index in [0.717, 1.165) is 28.2 Å². The van der Waals surface area contributed by atoms with E-state index in [-0.39, 0.29) is 11.4 Å². The van der Waals surface area contributed by atoms with Crippen LogP contribution < -0.4 is 9.47 Å². The number of methoxy groups -OCH3 is 1. The molecule has 0 aliphatic carbocycles. The summed E-state index contributed by atoms with van der Waals surface area (Å²) in [6, 6.07) is 13.5. The van der Waals surface area contributed by atoms with Gasteiger partial charge in [0.2, 0.25) is 0 Å². The second-order valence-electron chi connectivity index (χ2n) is 6.98. The van der Waals surface area contributed by atoms with Crippen molar-refractivity contribution in [3.8, 4) is 11.5 Å². The first-order chi connectivity index (χ1) is 11.4. The summed E-state index contributed by atoms with van der Waals surface area (Å²) in [4.78, 5) is 14.5. The van der Waals surface area contributed by atoms with Crippen molar-refractivity contribution in [2.45, 2.75) is 39.5 Å². The lowest BCUT2D eigenvalue weighted by molar-refractivity contribution is 0.0609. The lowest BCUT2D eigenvalue weighted by Crippen LogP contribution is -2.41. The zero-order valence-electron chi connectivity index (χ0n) is 14.6. The first kappa shape index (κ1) is 16.4. The predicted octanol–water partition coefficient (Wildman–Crippen LogP) is 4.03. The maximum Gasteiger partial charge on any atom is 0.255 e. The molecule has 0 radical (unpaired) electrons. The van der Waals surface area contributed by atoms with Crippen molar-refractivity contribution < 1.29 is 14.3 Å². The van der Waals surface area contributed by atoms with Gasteiger partial charge in [-0.25, -0.2) is 0 Å². The number of hydrogen-bond acceptors (Lipinski definition) is 3. The van der Waals surface area contributed by atoms with E-state index in [1.165, 1.54) is 0 Å². The van der Waals surface area contributed by atoms with Crippen LogP contribution in [0.3, 0.4) is 0 Å². The Morgan fingerprint density at radius 2 is 1.79 bits per heavy atom. The van der Waals surface area contributed by atoms with Gasteiger partial charge in [-0.3, -0.25) is 4.79 Å². The number of fused-ring (bicyclic) bond motifs is 1. The minimum absolute atomic E-state index is 0.0763. The molecule has 0 spiro atoms. The van der Waals surface area contributed by atoms with Gasteiger partial charge in [0.15, 0.2) is 0 Å². The second-order valence-corrected chi connectivity index (χ2v) is 6.98. The number of carbonyl (C=O) groups excluding carboxylic acids is 1. The van der Waals surface area contributed by atoms with Gasteiger partial charge in [0, 0.05) is 16.7 Å². The molecule has 2 aromatic carbocycles. The summed E-state index contributed by atoms with van der Waals surface area (Å²) >= 11 is 0. The molecule has 24 heavy (non-hydrogen) atoms. The average Bonchev–Trinajstić information content (AvgIpc) is 2.91. The van der Waals surface area contributed by atoms with Gasteiger partial charge in [-0.2, -0.15) is 0 Å². The van der Waals surface area contributed by atoms with Crippen LogP contribution in [0, 0.1) is 0 Å². The van der Waals surface area contributed by atoms with E-state index in [4.69, 9.17) is 9.47 Å². The highest BCUT2D eigenvalue weighted by molar-refractivity contribution is 5.99. The van der Waals surface area contributed by atoms with Gasteiger partial charge in [0.25, 0.3) is 5.91 Å². The number of hydrogen-bond donors (Lipinski definition) is 0. The SMILES string of the molecule is COc1ccc(COc2cccc3c2CN(C(C)(C)C)C3=O)cc1. The summed E-state index contributed by atoms with van der Waals surface area (Å²) in [5.41, 5.74) is 2.58. The molecular formula is C20H23NO3. The molecule has 4 heteroatoms. The fourth-order valence-corrected chi connectivity index (χ4v) is 2.86. The highest BCUT2D eigenvalue weighted by Gasteiger charge is 2.36. The molecule has 4 nitrogen and oxygen atoms in total.